The van der Waals surface area contributed by atoms with Crippen molar-refractivity contribution in [1.82, 2.24) is 0 Å². The molecule has 0 aromatic heterocycles. The van der Waals surface area contributed by atoms with Crippen LogP contribution in [-0.4, -0.2) is 6.26 Å². The van der Waals surface area contributed by atoms with Gasteiger partial charge in [0.25, 0.3) is 0 Å². The van der Waals surface area contributed by atoms with Crippen molar-refractivity contribution in [3.8, 4) is 0 Å². The van der Waals surface area contributed by atoms with Crippen LogP contribution >= 0.6 is 27.7 Å². The van der Waals surface area contributed by atoms with Crippen molar-refractivity contribution in [2.75, 3.05) is 6.26 Å². The molecule has 0 radical (unpaired) electrons. The maximum absolute atomic E-state index is 3.57. The smallest absolute Gasteiger partial charge is 0.0244 e. The Hall–Kier alpha value is 0.0500. The van der Waals surface area contributed by atoms with Gasteiger partial charge in [-0.1, -0.05) is 34.1 Å². The Balaban J connectivity index is 2.96. The Morgan fingerprint density at radius 1 is 1.45 bits per heavy atom. The van der Waals surface area contributed by atoms with Crippen molar-refractivity contribution in [3.05, 3.63) is 33.8 Å². The van der Waals surface area contributed by atoms with Crippen molar-refractivity contribution in [2.24, 2.45) is 0 Å². The second-order valence-corrected chi connectivity index (χ2v) is 4.14. The number of aryl methyl sites for hydroxylation is 1. The highest BCUT2D eigenvalue weighted by molar-refractivity contribution is 9.10. The number of halogens is 1. The summed E-state index contributed by atoms with van der Waals surface area (Å²) < 4.78 is 1.26. The summed E-state index contributed by atoms with van der Waals surface area (Å²) in [4.78, 5) is 0. The maximum atomic E-state index is 3.57. The predicted molar refractivity (Wildman–Crippen MR) is 56.1 cm³/mol. The van der Waals surface area contributed by atoms with Gasteiger partial charge >= 0.3 is 0 Å². The Bertz CT molecular complexity index is 245. The third-order valence-corrected chi connectivity index (χ3v) is 3.31. The Kier molecular flexibility index (Phi) is 3.46. The molecule has 0 aliphatic heterocycles. The van der Waals surface area contributed by atoms with Crippen molar-refractivity contribution < 1.29 is 0 Å². The minimum absolute atomic E-state index is 1.09. The van der Waals surface area contributed by atoms with Crippen LogP contribution in [0.2, 0.25) is 0 Å². The maximum Gasteiger partial charge on any atom is 0.0244 e. The number of rotatable bonds is 2. The highest BCUT2D eigenvalue weighted by atomic mass is 79.9. The summed E-state index contributed by atoms with van der Waals surface area (Å²) in [6.45, 7) is 2.12. The molecule has 0 aliphatic carbocycles. The summed E-state index contributed by atoms with van der Waals surface area (Å²) in [5.74, 6) is 1.09. The Labute approximate surface area is 80.5 Å². The van der Waals surface area contributed by atoms with Gasteiger partial charge in [0.1, 0.15) is 0 Å². The van der Waals surface area contributed by atoms with Crippen LogP contribution in [0.1, 0.15) is 11.1 Å². The summed E-state index contributed by atoms with van der Waals surface area (Å²) in [6, 6.07) is 6.38. The Morgan fingerprint density at radius 3 is 2.82 bits per heavy atom. The molecule has 0 amide bonds. The second-order valence-electron chi connectivity index (χ2n) is 2.48. The zero-order valence-electron chi connectivity index (χ0n) is 6.73. The lowest BCUT2D eigenvalue weighted by Gasteiger charge is -2.04. The first-order valence-corrected chi connectivity index (χ1v) is 5.67. The van der Waals surface area contributed by atoms with E-state index in [9.17, 15) is 0 Å². The lowest BCUT2D eigenvalue weighted by Crippen LogP contribution is -1.84. The van der Waals surface area contributed by atoms with Gasteiger partial charge in [-0.3, -0.25) is 0 Å². The fourth-order valence-corrected chi connectivity index (χ4v) is 2.12. The molecule has 11 heavy (non-hydrogen) atoms. The van der Waals surface area contributed by atoms with E-state index in [2.05, 4.69) is 47.3 Å². The summed E-state index contributed by atoms with van der Waals surface area (Å²) in [6.07, 6.45) is 2.12. The first-order chi connectivity index (χ1) is 5.25. The van der Waals surface area contributed by atoms with Crippen LogP contribution in [0.4, 0.5) is 0 Å². The average Bonchev–Trinajstić information content (AvgIpc) is 1.99. The molecule has 0 spiro atoms. The molecule has 1 aromatic rings. The predicted octanol–water partition coefficient (Wildman–Crippen LogP) is 3.62. The van der Waals surface area contributed by atoms with E-state index in [-0.39, 0.29) is 0 Å². The van der Waals surface area contributed by atoms with Gasteiger partial charge in [0.05, 0.1) is 0 Å². The topological polar surface area (TPSA) is 0 Å². The summed E-state index contributed by atoms with van der Waals surface area (Å²) in [7, 11) is 0. The fourth-order valence-electron chi connectivity index (χ4n) is 0.975. The molecule has 1 rings (SSSR count). The lowest BCUT2D eigenvalue weighted by molar-refractivity contribution is 1.32. The van der Waals surface area contributed by atoms with E-state index in [1.807, 2.05) is 11.8 Å². The van der Waals surface area contributed by atoms with Crippen LogP contribution < -0.4 is 0 Å². The summed E-state index contributed by atoms with van der Waals surface area (Å²) in [5, 5.41) is 0. The molecule has 0 nitrogen and oxygen atoms in total. The van der Waals surface area contributed by atoms with Gasteiger partial charge < -0.3 is 0 Å². The summed E-state index contributed by atoms with van der Waals surface area (Å²) >= 11 is 5.42. The first kappa shape index (κ1) is 9.14. The average molecular weight is 231 g/mol. The molecular formula is C9H11BrS. The molecular weight excluding hydrogens is 220 g/mol. The van der Waals surface area contributed by atoms with Crippen molar-refractivity contribution in [2.45, 2.75) is 12.7 Å². The molecule has 0 saturated carbocycles. The minimum Gasteiger partial charge on any atom is -0.161 e. The lowest BCUT2D eigenvalue weighted by atomic mass is 10.2. The van der Waals surface area contributed by atoms with Crippen molar-refractivity contribution >= 4 is 27.7 Å². The van der Waals surface area contributed by atoms with E-state index < -0.39 is 0 Å². The molecule has 2 heteroatoms. The van der Waals surface area contributed by atoms with Gasteiger partial charge in [0.15, 0.2) is 0 Å². The number of hydrogen-bond donors (Lipinski definition) is 0. The van der Waals surface area contributed by atoms with Crippen molar-refractivity contribution in [1.29, 1.82) is 0 Å². The minimum atomic E-state index is 1.09. The normalized spacial score (nSPS) is 10.1. The fraction of sp³-hybridized carbons (Fsp3) is 0.333. The monoisotopic (exact) mass is 230 g/mol. The van der Waals surface area contributed by atoms with E-state index in [1.54, 1.807) is 0 Å². The molecule has 0 aliphatic rings. The van der Waals surface area contributed by atoms with Crippen LogP contribution in [0.5, 0.6) is 0 Å². The first-order valence-electron chi connectivity index (χ1n) is 3.48. The summed E-state index contributed by atoms with van der Waals surface area (Å²) in [5.41, 5.74) is 2.70. The largest absolute Gasteiger partial charge is 0.161 e. The molecule has 0 unspecified atom stereocenters. The van der Waals surface area contributed by atoms with Gasteiger partial charge in [0.2, 0.25) is 0 Å². The highest BCUT2D eigenvalue weighted by Crippen LogP contribution is 2.23. The molecule has 0 atom stereocenters. The van der Waals surface area contributed by atoms with Gasteiger partial charge in [0, 0.05) is 10.2 Å². The third-order valence-electron chi connectivity index (χ3n) is 1.57. The van der Waals surface area contributed by atoms with E-state index >= 15 is 0 Å². The van der Waals surface area contributed by atoms with E-state index in [0.717, 1.165) is 5.75 Å². The molecule has 0 fully saturated rings. The van der Waals surface area contributed by atoms with Gasteiger partial charge in [-0.2, -0.15) is 11.8 Å². The van der Waals surface area contributed by atoms with Gasteiger partial charge in [-0.05, 0) is 24.3 Å². The molecule has 0 heterocycles. The molecule has 0 saturated heterocycles. The zero-order valence-corrected chi connectivity index (χ0v) is 9.13. The van der Waals surface area contributed by atoms with Crippen LogP contribution in [0, 0.1) is 6.92 Å². The number of hydrogen-bond acceptors (Lipinski definition) is 1. The quantitative estimate of drug-likeness (QED) is 0.749. The Morgan fingerprint density at radius 2 is 2.18 bits per heavy atom. The van der Waals surface area contributed by atoms with Gasteiger partial charge in [-0.25, -0.2) is 0 Å². The highest BCUT2D eigenvalue weighted by Gasteiger charge is 1.99. The zero-order chi connectivity index (χ0) is 8.27. The second kappa shape index (κ2) is 4.17. The molecule has 1 aromatic carbocycles. The standard InChI is InChI=1S/C9H11BrS/c1-7-4-3-5-8(6-11-2)9(7)10/h3-5H,6H2,1-2H3. The van der Waals surface area contributed by atoms with Crippen LogP contribution in [0.15, 0.2) is 22.7 Å². The third kappa shape index (κ3) is 2.24. The van der Waals surface area contributed by atoms with E-state index in [0.29, 0.717) is 0 Å². The van der Waals surface area contributed by atoms with E-state index in [1.165, 1.54) is 15.6 Å². The molecule has 60 valence electrons. The molecule has 0 N–H and O–H groups in total. The van der Waals surface area contributed by atoms with Crippen LogP contribution in [-0.2, 0) is 5.75 Å². The van der Waals surface area contributed by atoms with Crippen LogP contribution in [0.25, 0.3) is 0 Å². The van der Waals surface area contributed by atoms with Crippen molar-refractivity contribution in [3.63, 3.8) is 0 Å². The van der Waals surface area contributed by atoms with Gasteiger partial charge in [-0.15, -0.1) is 0 Å². The van der Waals surface area contributed by atoms with Crippen LogP contribution in [0.3, 0.4) is 0 Å². The molecule has 0 bridgehead atoms. The number of benzene rings is 1. The number of thioether (sulfide) groups is 1. The SMILES string of the molecule is CSCc1cccc(C)c1Br. The van der Waals surface area contributed by atoms with E-state index in [4.69, 9.17) is 0 Å².